The number of nitrogens with zero attached hydrogens (tertiary/aromatic N) is 10. The second kappa shape index (κ2) is 24.1. The van der Waals surface area contributed by atoms with Crippen molar-refractivity contribution in [2.75, 3.05) is 43.5 Å². The van der Waals surface area contributed by atoms with E-state index in [1.807, 2.05) is 30.1 Å². The number of fused-ring (bicyclic) bond motifs is 2. The highest BCUT2D eigenvalue weighted by atomic mass is 35.5. The van der Waals surface area contributed by atoms with E-state index < -0.39 is 67.1 Å². The SMILES string of the molecule is CC(C)(C)OC(=O)N1CCC[C@@H](n2c(=O)c(Oc3ccc(F)cc3F)cc3cnc(S(C)(=O)=O)nc32)C1.Cl.Cn1cc(Nc2ncc3cc(Oc4ccc(F)cc4F)c(=O)n([C@@H]4CCCNC4)c3n2)cn1.Cn1ccc(N)c1. The zero-order valence-corrected chi connectivity index (χ0v) is 44.7. The number of aromatic nitrogens is 9. The summed E-state index contributed by atoms with van der Waals surface area (Å²) in [6, 6.07) is 9.39. The molecule has 414 valence electrons. The van der Waals surface area contributed by atoms with E-state index in [9.17, 15) is 40.4 Å². The number of hydrogen-bond acceptors (Lipinski definition) is 16. The van der Waals surface area contributed by atoms with Crippen molar-refractivity contribution in [3.8, 4) is 23.0 Å². The maximum Gasteiger partial charge on any atom is 0.410 e. The summed E-state index contributed by atoms with van der Waals surface area (Å²) in [5, 5.41) is 10.8. The second-order valence-electron chi connectivity index (χ2n) is 19.3. The average molecular weight is 1120 g/mol. The minimum atomic E-state index is -3.81. The van der Waals surface area contributed by atoms with Crippen molar-refractivity contribution in [2.45, 2.75) is 69.3 Å². The molecule has 21 nitrogen and oxygen atoms in total. The number of piperidine rings is 2. The Morgan fingerprint density at radius 1 is 0.782 bits per heavy atom. The highest BCUT2D eigenvalue weighted by Crippen LogP contribution is 2.31. The summed E-state index contributed by atoms with van der Waals surface area (Å²) in [7, 11) is -0.0679. The molecule has 0 unspecified atom stereocenters. The highest BCUT2D eigenvalue weighted by molar-refractivity contribution is 7.90. The molecule has 2 aliphatic rings. The number of carbonyl (C=O) groups is 1. The molecular formula is C51H56ClF4N13O8S. The van der Waals surface area contributed by atoms with Crippen LogP contribution < -0.4 is 37.0 Å². The van der Waals surface area contributed by atoms with Crippen LogP contribution in [0.15, 0.2) is 107 Å². The van der Waals surface area contributed by atoms with E-state index in [0.717, 1.165) is 55.6 Å². The topological polar surface area (TPSA) is 251 Å². The largest absolute Gasteiger partial charge is 0.448 e. The fraction of sp³-hybridized carbons (Fsp3) is 0.333. The molecule has 78 heavy (non-hydrogen) atoms. The number of anilines is 3. The van der Waals surface area contributed by atoms with Crippen LogP contribution in [0.4, 0.5) is 39.7 Å². The lowest BCUT2D eigenvalue weighted by atomic mass is 10.1. The van der Waals surface area contributed by atoms with Crippen molar-refractivity contribution in [3.63, 3.8) is 0 Å². The molecule has 10 rings (SSSR count). The van der Waals surface area contributed by atoms with Crippen LogP contribution in [0.3, 0.4) is 0 Å². The molecule has 0 aliphatic carbocycles. The number of hydrogen-bond donors (Lipinski definition) is 3. The average Bonchev–Trinajstić information content (AvgIpc) is 4.12. The Bertz CT molecular complexity index is 3700. The summed E-state index contributed by atoms with van der Waals surface area (Å²) in [6.07, 6.45) is 13.0. The lowest BCUT2D eigenvalue weighted by molar-refractivity contribution is 0.0172. The van der Waals surface area contributed by atoms with Gasteiger partial charge in [0.1, 0.15) is 28.5 Å². The van der Waals surface area contributed by atoms with Gasteiger partial charge in [-0.05, 0) is 95.5 Å². The third kappa shape index (κ3) is 14.1. The van der Waals surface area contributed by atoms with Gasteiger partial charge in [-0.15, -0.1) is 12.4 Å². The molecule has 0 saturated carbocycles. The number of halogens is 5. The maximum absolute atomic E-state index is 14.3. The molecule has 0 bridgehead atoms. The second-order valence-corrected chi connectivity index (χ2v) is 21.2. The molecule has 0 radical (unpaired) electrons. The smallest absolute Gasteiger partial charge is 0.410 e. The van der Waals surface area contributed by atoms with Crippen LogP contribution >= 0.6 is 12.4 Å². The van der Waals surface area contributed by atoms with Gasteiger partial charge in [-0.25, -0.2) is 40.7 Å². The van der Waals surface area contributed by atoms with Crippen molar-refractivity contribution in [2.24, 2.45) is 14.1 Å². The number of likely N-dealkylation sites (tertiary alicyclic amines) is 1. The molecule has 4 N–H and O–H groups in total. The molecule has 2 fully saturated rings. The molecule has 8 aromatic rings. The zero-order valence-electron chi connectivity index (χ0n) is 43.1. The standard InChI is InChI=1S/C24H26F2N4O6S.C22H21F2N7O2.C5H8N2.ClH/c1-24(2,3)36-23(32)29-9-5-6-16(13-29)30-20-14(12-27-22(28-20)37(4,33)34)10-19(21(30)31)35-18-8-7-15(25)11-17(18)26;1-30-12-15(10-27-30)28-22-26-9-13-7-19(33-18-5-4-14(23)8-17(18)24)21(32)31(20(13)29-22)16-3-2-6-25-11-16;1-7-3-2-5(6)4-7;/h7-8,10-12,16H,5-6,9,13H2,1-4H3;4-5,7-10,12,16,25H,2-3,6,11H2,1H3,(H,26,28,29);2-4H,6H2,1H3;1H/t2*16-;;/m11../s1. The molecule has 27 heteroatoms. The van der Waals surface area contributed by atoms with Gasteiger partial charge >= 0.3 is 6.09 Å². The Morgan fingerprint density at radius 3 is 1.87 bits per heavy atom. The van der Waals surface area contributed by atoms with Gasteiger partial charge in [0.2, 0.25) is 20.9 Å². The quantitative estimate of drug-likeness (QED) is 0.0911. The van der Waals surface area contributed by atoms with Gasteiger partial charge in [0.15, 0.2) is 34.6 Å². The number of aryl methyl sites for hydroxylation is 2. The molecule has 2 aliphatic heterocycles. The molecule has 2 saturated heterocycles. The first-order valence-corrected chi connectivity index (χ1v) is 26.0. The molecule has 2 atom stereocenters. The number of ether oxygens (including phenoxy) is 3. The van der Waals surface area contributed by atoms with Crippen LogP contribution in [0.1, 0.15) is 58.5 Å². The molecule has 0 spiro atoms. The van der Waals surface area contributed by atoms with E-state index in [4.69, 9.17) is 19.9 Å². The lowest BCUT2D eigenvalue weighted by Crippen LogP contribution is -2.45. The van der Waals surface area contributed by atoms with E-state index in [0.29, 0.717) is 60.7 Å². The number of pyridine rings is 2. The predicted octanol–water partition coefficient (Wildman–Crippen LogP) is 8.13. The number of sulfone groups is 1. The molecule has 1 amide bonds. The summed E-state index contributed by atoms with van der Waals surface area (Å²) < 4.78 is 102. The van der Waals surface area contributed by atoms with Gasteiger partial charge < -0.3 is 40.0 Å². The molecule has 6 aromatic heterocycles. The van der Waals surface area contributed by atoms with Crippen LogP contribution in [0.2, 0.25) is 0 Å². The van der Waals surface area contributed by atoms with Crippen LogP contribution in [0.5, 0.6) is 23.0 Å². The Labute approximate surface area is 450 Å². The first kappa shape index (κ1) is 57.6. The van der Waals surface area contributed by atoms with Gasteiger partial charge in [0.05, 0.1) is 24.0 Å². The number of carbonyl (C=O) groups excluding carboxylic acids is 1. The predicted molar refractivity (Wildman–Crippen MR) is 284 cm³/mol. The highest BCUT2D eigenvalue weighted by Gasteiger charge is 2.32. The van der Waals surface area contributed by atoms with Crippen LogP contribution in [0, 0.1) is 23.3 Å². The first-order chi connectivity index (χ1) is 36.5. The number of nitrogens with two attached hydrogens (primary N) is 1. The van der Waals surface area contributed by atoms with Gasteiger partial charge in [-0.3, -0.25) is 23.4 Å². The number of nitrogen functional groups attached to an aromatic ring is 1. The Balaban J connectivity index is 0.000000199. The zero-order chi connectivity index (χ0) is 55.3. The lowest BCUT2D eigenvalue weighted by Gasteiger charge is -2.35. The maximum atomic E-state index is 14.3. The van der Waals surface area contributed by atoms with E-state index in [2.05, 4.69) is 35.7 Å². The van der Waals surface area contributed by atoms with Crippen molar-refractivity contribution in [1.29, 1.82) is 0 Å². The monoisotopic (exact) mass is 1120 g/mol. The summed E-state index contributed by atoms with van der Waals surface area (Å²) in [6.45, 7) is 7.15. The van der Waals surface area contributed by atoms with Crippen molar-refractivity contribution >= 4 is 67.7 Å². The Kier molecular flexibility index (Phi) is 17.8. The van der Waals surface area contributed by atoms with Gasteiger partial charge in [-0.1, -0.05) is 0 Å². The molecule has 8 heterocycles. The van der Waals surface area contributed by atoms with Gasteiger partial charge in [0, 0.05) is 99.6 Å². The number of rotatable bonds is 9. The van der Waals surface area contributed by atoms with E-state index in [1.54, 1.807) is 55.7 Å². The summed E-state index contributed by atoms with van der Waals surface area (Å²) in [4.78, 5) is 58.2. The normalized spacial score (nSPS) is 15.5. The minimum Gasteiger partial charge on any atom is -0.448 e. The molecule has 2 aromatic carbocycles. The Morgan fingerprint density at radius 2 is 1.37 bits per heavy atom. The third-order valence-corrected chi connectivity index (χ3v) is 12.7. The summed E-state index contributed by atoms with van der Waals surface area (Å²) in [5.41, 5.74) is 5.43. The van der Waals surface area contributed by atoms with Gasteiger partial charge in [-0.2, -0.15) is 15.1 Å². The van der Waals surface area contributed by atoms with Crippen LogP contribution in [-0.2, 0) is 28.7 Å². The summed E-state index contributed by atoms with van der Waals surface area (Å²) in [5.74, 6) is -4.15. The van der Waals surface area contributed by atoms with E-state index in [1.165, 1.54) is 27.8 Å². The van der Waals surface area contributed by atoms with Crippen LogP contribution in [-0.4, -0.2) is 101 Å². The minimum absolute atomic E-state index is 0. The Hall–Kier alpha value is -8.10. The fourth-order valence-corrected chi connectivity index (χ4v) is 8.94. The van der Waals surface area contributed by atoms with Crippen molar-refractivity contribution in [3.05, 3.63) is 136 Å². The number of benzene rings is 2. The molecular weight excluding hydrogens is 1070 g/mol. The van der Waals surface area contributed by atoms with E-state index in [-0.39, 0.29) is 59.0 Å². The summed E-state index contributed by atoms with van der Waals surface area (Å²) >= 11 is 0. The fourth-order valence-electron chi connectivity index (χ4n) is 8.44. The van der Waals surface area contributed by atoms with Gasteiger partial charge in [0.25, 0.3) is 11.1 Å². The number of amides is 1. The van der Waals surface area contributed by atoms with Crippen LogP contribution in [0.25, 0.3) is 22.1 Å². The number of nitrogens with one attached hydrogen (secondary N) is 2. The first-order valence-electron chi connectivity index (χ1n) is 24.1. The van der Waals surface area contributed by atoms with Crippen molar-refractivity contribution < 1.29 is 45.0 Å². The van der Waals surface area contributed by atoms with Crippen molar-refractivity contribution in [1.82, 2.24) is 53.6 Å². The third-order valence-electron chi connectivity index (χ3n) is 11.9. The van der Waals surface area contributed by atoms with E-state index >= 15 is 0 Å².